The van der Waals surface area contributed by atoms with Gasteiger partial charge in [0.2, 0.25) is 0 Å². The third-order valence-corrected chi connectivity index (χ3v) is 2.04. The summed E-state index contributed by atoms with van der Waals surface area (Å²) in [4.78, 5) is 0. The lowest BCUT2D eigenvalue weighted by atomic mass is 10.0. The first kappa shape index (κ1) is 11.3. The average molecular weight is 186 g/mol. The summed E-state index contributed by atoms with van der Waals surface area (Å²) in [7, 11) is 0. The minimum atomic E-state index is 0. The molecular formula is C10H16ClN. The van der Waals surface area contributed by atoms with Gasteiger partial charge in [0.15, 0.2) is 0 Å². The van der Waals surface area contributed by atoms with Gasteiger partial charge in [-0.1, -0.05) is 26.0 Å². The summed E-state index contributed by atoms with van der Waals surface area (Å²) in [6.07, 6.45) is 2.12. The van der Waals surface area contributed by atoms with Crippen molar-refractivity contribution in [1.82, 2.24) is 0 Å². The Labute approximate surface area is 80.4 Å². The van der Waals surface area contributed by atoms with Crippen LogP contribution >= 0.6 is 12.4 Å². The molecule has 2 heteroatoms. The van der Waals surface area contributed by atoms with Crippen LogP contribution in [0.4, 0.5) is 5.69 Å². The second kappa shape index (κ2) is 5.04. The van der Waals surface area contributed by atoms with Crippen molar-refractivity contribution < 1.29 is 0 Å². The van der Waals surface area contributed by atoms with E-state index in [1.165, 1.54) is 11.1 Å². The average Bonchev–Trinajstić information content (AvgIpc) is 2.04. The second-order valence-electron chi connectivity index (χ2n) is 2.69. The quantitative estimate of drug-likeness (QED) is 0.705. The highest BCUT2D eigenvalue weighted by atomic mass is 35.5. The predicted octanol–water partition coefficient (Wildman–Crippen LogP) is 2.82. The summed E-state index contributed by atoms with van der Waals surface area (Å²) in [6, 6.07) is 6.14. The summed E-state index contributed by atoms with van der Waals surface area (Å²) in [5, 5.41) is 0. The van der Waals surface area contributed by atoms with Crippen molar-refractivity contribution in [1.29, 1.82) is 0 Å². The minimum absolute atomic E-state index is 0. The molecule has 0 spiro atoms. The fraction of sp³-hybridized carbons (Fsp3) is 0.400. The molecule has 0 radical (unpaired) electrons. The summed E-state index contributed by atoms with van der Waals surface area (Å²) in [5.74, 6) is 0. The van der Waals surface area contributed by atoms with Crippen LogP contribution in [-0.2, 0) is 12.8 Å². The third-order valence-electron chi connectivity index (χ3n) is 2.04. The van der Waals surface area contributed by atoms with Gasteiger partial charge in [0.05, 0.1) is 0 Å². The summed E-state index contributed by atoms with van der Waals surface area (Å²) >= 11 is 0. The highest BCUT2D eigenvalue weighted by Gasteiger charge is 2.00. The van der Waals surface area contributed by atoms with E-state index >= 15 is 0 Å². The fourth-order valence-corrected chi connectivity index (χ4v) is 1.42. The monoisotopic (exact) mass is 185 g/mol. The van der Waals surface area contributed by atoms with E-state index < -0.39 is 0 Å². The number of aryl methyl sites for hydroxylation is 1. The Morgan fingerprint density at radius 3 is 2.25 bits per heavy atom. The molecule has 1 aromatic carbocycles. The van der Waals surface area contributed by atoms with Crippen LogP contribution in [-0.4, -0.2) is 0 Å². The van der Waals surface area contributed by atoms with Crippen molar-refractivity contribution in [2.45, 2.75) is 26.7 Å². The van der Waals surface area contributed by atoms with Gasteiger partial charge in [0.1, 0.15) is 0 Å². The van der Waals surface area contributed by atoms with Crippen LogP contribution in [0.5, 0.6) is 0 Å². The second-order valence-corrected chi connectivity index (χ2v) is 2.69. The Hall–Kier alpha value is -0.690. The first-order chi connectivity index (χ1) is 5.29. The Morgan fingerprint density at radius 2 is 1.83 bits per heavy atom. The van der Waals surface area contributed by atoms with Gasteiger partial charge in [-0.15, -0.1) is 12.4 Å². The molecule has 0 aliphatic heterocycles. The van der Waals surface area contributed by atoms with Gasteiger partial charge in [-0.05, 0) is 30.0 Å². The SMILES string of the molecule is CCc1cccc(N)c1CC.Cl. The molecule has 2 N–H and O–H groups in total. The lowest BCUT2D eigenvalue weighted by Crippen LogP contribution is -1.97. The molecule has 0 aliphatic rings. The summed E-state index contributed by atoms with van der Waals surface area (Å²) in [5.41, 5.74) is 9.44. The first-order valence-corrected chi connectivity index (χ1v) is 4.15. The normalized spacial score (nSPS) is 9.17. The van der Waals surface area contributed by atoms with Crippen LogP contribution in [0.2, 0.25) is 0 Å². The van der Waals surface area contributed by atoms with Crippen LogP contribution in [0.1, 0.15) is 25.0 Å². The number of nitrogen functional groups attached to an aromatic ring is 1. The molecule has 0 fully saturated rings. The number of nitrogens with two attached hydrogens (primary N) is 1. The zero-order valence-corrected chi connectivity index (χ0v) is 8.45. The van der Waals surface area contributed by atoms with Crippen molar-refractivity contribution >= 4 is 18.1 Å². The molecule has 1 nitrogen and oxygen atoms in total. The number of hydrogen-bond donors (Lipinski definition) is 1. The van der Waals surface area contributed by atoms with Crippen molar-refractivity contribution in [3.63, 3.8) is 0 Å². The van der Waals surface area contributed by atoms with Gasteiger partial charge in [-0.25, -0.2) is 0 Å². The lowest BCUT2D eigenvalue weighted by Gasteiger charge is -2.07. The highest BCUT2D eigenvalue weighted by Crippen LogP contribution is 2.17. The smallest absolute Gasteiger partial charge is 0.0349 e. The molecule has 0 aromatic heterocycles. The molecule has 1 aromatic rings. The number of hydrogen-bond acceptors (Lipinski definition) is 1. The Bertz CT molecular complexity index is 246. The first-order valence-electron chi connectivity index (χ1n) is 4.15. The molecule has 0 atom stereocenters. The van der Waals surface area contributed by atoms with Gasteiger partial charge < -0.3 is 5.73 Å². The largest absolute Gasteiger partial charge is 0.398 e. The van der Waals surface area contributed by atoms with Crippen LogP contribution in [0.15, 0.2) is 18.2 Å². The van der Waals surface area contributed by atoms with E-state index in [2.05, 4.69) is 19.9 Å². The molecule has 0 aliphatic carbocycles. The molecule has 68 valence electrons. The third kappa shape index (κ3) is 2.15. The molecule has 0 heterocycles. The summed E-state index contributed by atoms with van der Waals surface area (Å²) in [6.45, 7) is 4.30. The predicted molar refractivity (Wildman–Crippen MR) is 56.9 cm³/mol. The van der Waals surface area contributed by atoms with Gasteiger partial charge in [-0.3, -0.25) is 0 Å². The van der Waals surface area contributed by atoms with Crippen LogP contribution in [0, 0.1) is 0 Å². The van der Waals surface area contributed by atoms with E-state index in [4.69, 9.17) is 5.73 Å². The van der Waals surface area contributed by atoms with E-state index in [0.717, 1.165) is 18.5 Å². The zero-order valence-electron chi connectivity index (χ0n) is 7.63. The van der Waals surface area contributed by atoms with Crippen molar-refractivity contribution in [3.05, 3.63) is 29.3 Å². The van der Waals surface area contributed by atoms with Gasteiger partial charge in [0, 0.05) is 5.69 Å². The zero-order chi connectivity index (χ0) is 8.27. The molecule has 0 unspecified atom stereocenters. The molecule has 0 saturated heterocycles. The summed E-state index contributed by atoms with van der Waals surface area (Å²) < 4.78 is 0. The Kier molecular flexibility index (Phi) is 4.75. The van der Waals surface area contributed by atoms with Crippen LogP contribution < -0.4 is 5.73 Å². The van der Waals surface area contributed by atoms with Crippen molar-refractivity contribution in [3.8, 4) is 0 Å². The minimum Gasteiger partial charge on any atom is -0.398 e. The highest BCUT2D eigenvalue weighted by molar-refractivity contribution is 5.85. The Balaban J connectivity index is 0.00000121. The van der Waals surface area contributed by atoms with E-state index in [1.54, 1.807) is 0 Å². The molecule has 0 saturated carbocycles. The van der Waals surface area contributed by atoms with Gasteiger partial charge in [-0.2, -0.15) is 0 Å². The van der Waals surface area contributed by atoms with Crippen LogP contribution in [0.25, 0.3) is 0 Å². The van der Waals surface area contributed by atoms with E-state index in [-0.39, 0.29) is 12.4 Å². The maximum atomic E-state index is 5.81. The number of benzene rings is 1. The van der Waals surface area contributed by atoms with Gasteiger partial charge >= 0.3 is 0 Å². The lowest BCUT2D eigenvalue weighted by molar-refractivity contribution is 1.04. The maximum Gasteiger partial charge on any atom is 0.0349 e. The molecule has 0 bridgehead atoms. The molecule has 1 rings (SSSR count). The number of anilines is 1. The molecule has 0 amide bonds. The molecule has 12 heavy (non-hydrogen) atoms. The van der Waals surface area contributed by atoms with E-state index in [9.17, 15) is 0 Å². The maximum absolute atomic E-state index is 5.81. The number of halogens is 1. The fourth-order valence-electron chi connectivity index (χ4n) is 1.42. The van der Waals surface area contributed by atoms with E-state index in [0.29, 0.717) is 0 Å². The van der Waals surface area contributed by atoms with E-state index in [1.807, 2.05) is 12.1 Å². The Morgan fingerprint density at radius 1 is 1.17 bits per heavy atom. The van der Waals surface area contributed by atoms with Crippen LogP contribution in [0.3, 0.4) is 0 Å². The topological polar surface area (TPSA) is 26.0 Å². The molecular weight excluding hydrogens is 170 g/mol. The van der Waals surface area contributed by atoms with Crippen molar-refractivity contribution in [2.24, 2.45) is 0 Å². The van der Waals surface area contributed by atoms with Crippen molar-refractivity contribution in [2.75, 3.05) is 5.73 Å². The van der Waals surface area contributed by atoms with Gasteiger partial charge in [0.25, 0.3) is 0 Å². The number of rotatable bonds is 2. The standard InChI is InChI=1S/C10H15N.ClH/c1-3-8-6-5-7-10(11)9(8)4-2;/h5-7H,3-4,11H2,1-2H3;1H.